The molecule has 0 fully saturated rings. The molecule has 0 bridgehead atoms. The number of fused-ring (bicyclic) bond motifs is 1. The minimum absolute atomic E-state index is 0.0120. The molecule has 0 radical (unpaired) electrons. The summed E-state index contributed by atoms with van der Waals surface area (Å²) in [4.78, 5) is 11.7. The highest BCUT2D eigenvalue weighted by Crippen LogP contribution is 2.43. The van der Waals surface area contributed by atoms with E-state index in [0.717, 1.165) is 21.3 Å². The lowest BCUT2D eigenvalue weighted by atomic mass is 9.85. The van der Waals surface area contributed by atoms with Gasteiger partial charge in [0.1, 0.15) is 5.75 Å². The lowest BCUT2D eigenvalue weighted by molar-refractivity contribution is 0.0988. The van der Waals surface area contributed by atoms with Crippen molar-refractivity contribution in [2.45, 2.75) is 32.6 Å². The SMILES string of the molecule is CCC(=O)c1cc(Br)c2c(c1)C(C)(C)CO2. The summed E-state index contributed by atoms with van der Waals surface area (Å²) in [5.74, 6) is 1.06. The average molecular weight is 283 g/mol. The Balaban J connectivity index is 2.57. The number of carbonyl (C=O) groups is 1. The molecule has 1 aromatic carbocycles. The molecule has 0 N–H and O–H groups in total. The number of Topliss-reactive ketones (excluding diaryl/α,β-unsaturated/α-hetero) is 1. The maximum atomic E-state index is 11.7. The standard InChI is InChI=1S/C13H15BrO2/c1-4-11(15)8-5-9-12(10(14)6-8)16-7-13(9,2)3/h5-6H,4,7H2,1-3H3. The van der Waals surface area contributed by atoms with Crippen LogP contribution in [0.4, 0.5) is 0 Å². The van der Waals surface area contributed by atoms with Gasteiger partial charge < -0.3 is 4.74 Å². The van der Waals surface area contributed by atoms with Crippen LogP contribution in [-0.4, -0.2) is 12.4 Å². The zero-order chi connectivity index (χ0) is 11.9. The minimum atomic E-state index is -0.0120. The summed E-state index contributed by atoms with van der Waals surface area (Å²) in [6, 6.07) is 3.82. The fourth-order valence-corrected chi connectivity index (χ4v) is 2.51. The van der Waals surface area contributed by atoms with Gasteiger partial charge in [0, 0.05) is 23.0 Å². The van der Waals surface area contributed by atoms with Crippen LogP contribution in [0.15, 0.2) is 16.6 Å². The molecule has 0 spiro atoms. The zero-order valence-electron chi connectivity index (χ0n) is 9.76. The largest absolute Gasteiger partial charge is 0.491 e. The van der Waals surface area contributed by atoms with Gasteiger partial charge in [-0.2, -0.15) is 0 Å². The van der Waals surface area contributed by atoms with E-state index in [0.29, 0.717) is 13.0 Å². The Morgan fingerprint density at radius 3 is 2.81 bits per heavy atom. The Labute approximate surface area is 104 Å². The molecule has 2 rings (SSSR count). The van der Waals surface area contributed by atoms with Gasteiger partial charge in [0.25, 0.3) is 0 Å². The van der Waals surface area contributed by atoms with E-state index in [4.69, 9.17) is 4.74 Å². The Kier molecular flexibility index (Phi) is 2.82. The fourth-order valence-electron chi connectivity index (χ4n) is 1.94. The molecule has 0 aliphatic carbocycles. The fraction of sp³-hybridized carbons (Fsp3) is 0.462. The number of ether oxygens (including phenoxy) is 1. The minimum Gasteiger partial charge on any atom is -0.491 e. The maximum absolute atomic E-state index is 11.7. The molecule has 0 amide bonds. The third kappa shape index (κ3) is 1.77. The van der Waals surface area contributed by atoms with Gasteiger partial charge in [-0.3, -0.25) is 4.79 Å². The van der Waals surface area contributed by atoms with Crippen molar-refractivity contribution in [2.75, 3.05) is 6.61 Å². The van der Waals surface area contributed by atoms with Crippen LogP contribution < -0.4 is 4.74 Å². The van der Waals surface area contributed by atoms with Gasteiger partial charge in [-0.15, -0.1) is 0 Å². The van der Waals surface area contributed by atoms with Crippen LogP contribution >= 0.6 is 15.9 Å². The van der Waals surface area contributed by atoms with Crippen molar-refractivity contribution in [2.24, 2.45) is 0 Å². The van der Waals surface area contributed by atoms with E-state index in [1.54, 1.807) is 0 Å². The summed E-state index contributed by atoms with van der Waals surface area (Å²) in [6.07, 6.45) is 0.534. The molecule has 2 nitrogen and oxygen atoms in total. The van der Waals surface area contributed by atoms with E-state index in [9.17, 15) is 4.79 Å². The second kappa shape index (κ2) is 3.88. The Morgan fingerprint density at radius 1 is 1.50 bits per heavy atom. The molecule has 0 unspecified atom stereocenters. The predicted molar refractivity (Wildman–Crippen MR) is 67.3 cm³/mol. The van der Waals surface area contributed by atoms with Gasteiger partial charge in [-0.05, 0) is 28.1 Å². The average Bonchev–Trinajstić information content (AvgIpc) is 2.54. The molecule has 3 heteroatoms. The summed E-state index contributed by atoms with van der Waals surface area (Å²) in [5, 5.41) is 0. The Bertz CT molecular complexity index is 449. The highest BCUT2D eigenvalue weighted by atomic mass is 79.9. The lowest BCUT2D eigenvalue weighted by Gasteiger charge is -2.15. The lowest BCUT2D eigenvalue weighted by Crippen LogP contribution is -2.18. The predicted octanol–water partition coefficient (Wildman–Crippen LogP) is 3.71. The van der Waals surface area contributed by atoms with Crippen LogP contribution in [0, 0.1) is 0 Å². The molecule has 0 saturated heterocycles. The summed E-state index contributed by atoms with van der Waals surface area (Å²) in [7, 11) is 0. The van der Waals surface area contributed by atoms with Crippen LogP contribution in [-0.2, 0) is 5.41 Å². The van der Waals surface area contributed by atoms with E-state index >= 15 is 0 Å². The van der Waals surface area contributed by atoms with Gasteiger partial charge in [-0.25, -0.2) is 0 Å². The maximum Gasteiger partial charge on any atom is 0.162 e. The van der Waals surface area contributed by atoms with Crippen LogP contribution in [0.2, 0.25) is 0 Å². The van der Waals surface area contributed by atoms with Crippen LogP contribution in [0.1, 0.15) is 43.1 Å². The first-order valence-corrected chi connectivity index (χ1v) is 6.25. The monoisotopic (exact) mass is 282 g/mol. The number of halogens is 1. The van der Waals surface area contributed by atoms with Gasteiger partial charge in [0.15, 0.2) is 5.78 Å². The molecule has 0 saturated carbocycles. The first kappa shape index (κ1) is 11.6. The summed E-state index contributed by atoms with van der Waals surface area (Å²) < 4.78 is 6.54. The van der Waals surface area contributed by atoms with Crippen molar-refractivity contribution < 1.29 is 9.53 Å². The molecule has 1 aliphatic heterocycles. The molecular weight excluding hydrogens is 268 g/mol. The second-order valence-electron chi connectivity index (χ2n) is 4.78. The highest BCUT2D eigenvalue weighted by molar-refractivity contribution is 9.10. The number of benzene rings is 1. The van der Waals surface area contributed by atoms with Crippen LogP contribution in [0.25, 0.3) is 0 Å². The first-order valence-electron chi connectivity index (χ1n) is 5.45. The molecule has 86 valence electrons. The molecule has 1 heterocycles. The molecule has 1 aromatic rings. The smallest absolute Gasteiger partial charge is 0.162 e. The van der Waals surface area contributed by atoms with E-state index < -0.39 is 0 Å². The van der Waals surface area contributed by atoms with Crippen LogP contribution in [0.3, 0.4) is 0 Å². The van der Waals surface area contributed by atoms with E-state index in [-0.39, 0.29) is 11.2 Å². The molecule has 0 atom stereocenters. The van der Waals surface area contributed by atoms with E-state index in [1.807, 2.05) is 19.1 Å². The van der Waals surface area contributed by atoms with Gasteiger partial charge in [0.2, 0.25) is 0 Å². The van der Waals surface area contributed by atoms with E-state index in [1.165, 1.54) is 0 Å². The quantitative estimate of drug-likeness (QED) is 0.773. The number of hydrogen-bond acceptors (Lipinski definition) is 2. The molecular formula is C13H15BrO2. The highest BCUT2D eigenvalue weighted by Gasteiger charge is 2.33. The second-order valence-corrected chi connectivity index (χ2v) is 5.64. The summed E-state index contributed by atoms with van der Waals surface area (Å²) in [6.45, 7) is 6.81. The van der Waals surface area contributed by atoms with Gasteiger partial charge in [-0.1, -0.05) is 20.8 Å². The van der Waals surface area contributed by atoms with Crippen molar-refractivity contribution in [3.05, 3.63) is 27.7 Å². The summed E-state index contributed by atoms with van der Waals surface area (Å²) >= 11 is 3.47. The third-order valence-corrected chi connectivity index (χ3v) is 3.58. The van der Waals surface area contributed by atoms with Crippen molar-refractivity contribution in [1.82, 2.24) is 0 Å². The zero-order valence-corrected chi connectivity index (χ0v) is 11.3. The number of hydrogen-bond donors (Lipinski definition) is 0. The Hall–Kier alpha value is -0.830. The van der Waals surface area contributed by atoms with Crippen molar-refractivity contribution >= 4 is 21.7 Å². The third-order valence-electron chi connectivity index (χ3n) is 2.99. The van der Waals surface area contributed by atoms with Crippen molar-refractivity contribution in [3.63, 3.8) is 0 Å². The van der Waals surface area contributed by atoms with Crippen molar-refractivity contribution in [3.8, 4) is 5.75 Å². The summed E-state index contributed by atoms with van der Waals surface area (Å²) in [5.41, 5.74) is 1.88. The van der Waals surface area contributed by atoms with Gasteiger partial charge in [0.05, 0.1) is 11.1 Å². The number of rotatable bonds is 2. The van der Waals surface area contributed by atoms with Gasteiger partial charge >= 0.3 is 0 Å². The number of ketones is 1. The molecule has 0 aromatic heterocycles. The molecule has 16 heavy (non-hydrogen) atoms. The topological polar surface area (TPSA) is 26.3 Å². The van der Waals surface area contributed by atoms with Crippen LogP contribution in [0.5, 0.6) is 5.75 Å². The normalized spacial score (nSPS) is 16.8. The van der Waals surface area contributed by atoms with E-state index in [2.05, 4.69) is 29.8 Å². The molecule has 1 aliphatic rings. The first-order chi connectivity index (χ1) is 7.45. The van der Waals surface area contributed by atoms with Crippen molar-refractivity contribution in [1.29, 1.82) is 0 Å². The number of carbonyl (C=O) groups excluding carboxylic acids is 1. The Morgan fingerprint density at radius 2 is 2.19 bits per heavy atom.